The number of rotatable bonds is 10. The summed E-state index contributed by atoms with van der Waals surface area (Å²) in [6, 6.07) is 30.9. The molecule has 3 heterocycles. The molecule has 4 aromatic carbocycles. The summed E-state index contributed by atoms with van der Waals surface area (Å²) in [6.45, 7) is 6.04. The zero-order valence-corrected chi connectivity index (χ0v) is 26.7. The molecule has 0 fully saturated rings. The number of nitrogens with zero attached hydrogens (tertiary/aromatic N) is 3. The second kappa shape index (κ2) is 12.5. The largest absolute Gasteiger partial charge is 0.440 e. The SMILES string of the molecule is CCCCN(CCCC)c1nc2c(c(-c3ccccc3)n1)C1(OC(=O)c3ccccc31)c1ccc(Nc3ccc(Cl)cc3)cc1O2. The standard InChI is InChI=1S/C38H35ClN4O3/c1-3-5-22-43(23-6-4-2)37-41-34(25-12-8-7-9-13-25)33-35(42-37)45-32-24-28(40-27-18-16-26(39)17-19-27)20-21-31(32)38(33)30-15-11-10-14-29(30)36(44)46-38/h7-21,24,40H,3-6,22-23H2,1-2H3. The summed E-state index contributed by atoms with van der Waals surface area (Å²) in [7, 11) is 0. The first-order chi connectivity index (χ1) is 22.5. The van der Waals surface area contributed by atoms with Crippen molar-refractivity contribution in [2.45, 2.75) is 45.1 Å². The van der Waals surface area contributed by atoms with Gasteiger partial charge in [-0.3, -0.25) is 0 Å². The first-order valence-electron chi connectivity index (χ1n) is 15.9. The van der Waals surface area contributed by atoms with Crippen molar-refractivity contribution in [3.8, 4) is 22.9 Å². The van der Waals surface area contributed by atoms with Gasteiger partial charge in [0.15, 0.2) is 5.60 Å². The van der Waals surface area contributed by atoms with Crippen molar-refractivity contribution in [1.82, 2.24) is 9.97 Å². The first kappa shape index (κ1) is 29.8. The van der Waals surface area contributed by atoms with Gasteiger partial charge in [0.1, 0.15) is 5.75 Å². The molecule has 0 radical (unpaired) electrons. The van der Waals surface area contributed by atoms with Gasteiger partial charge in [-0.05, 0) is 55.3 Å². The smallest absolute Gasteiger partial charge is 0.340 e. The summed E-state index contributed by atoms with van der Waals surface area (Å²) in [6.07, 6.45) is 4.15. The van der Waals surface area contributed by atoms with Gasteiger partial charge in [-0.1, -0.05) is 86.8 Å². The zero-order valence-electron chi connectivity index (χ0n) is 25.9. The summed E-state index contributed by atoms with van der Waals surface area (Å²) in [5.41, 5.74) is 4.54. The topological polar surface area (TPSA) is 76.6 Å². The predicted molar refractivity (Wildman–Crippen MR) is 182 cm³/mol. The Labute approximate surface area is 274 Å². The van der Waals surface area contributed by atoms with Crippen molar-refractivity contribution in [3.05, 3.63) is 124 Å². The Balaban J connectivity index is 1.46. The fraction of sp³-hybridized carbons (Fsp3) is 0.237. The Morgan fingerprint density at radius 2 is 1.50 bits per heavy atom. The first-order valence-corrected chi connectivity index (χ1v) is 16.3. The third kappa shape index (κ3) is 5.24. The maximum Gasteiger partial charge on any atom is 0.340 e. The van der Waals surface area contributed by atoms with Gasteiger partial charge in [0.2, 0.25) is 11.8 Å². The lowest BCUT2D eigenvalue weighted by Crippen LogP contribution is -2.35. The zero-order chi connectivity index (χ0) is 31.7. The highest BCUT2D eigenvalue weighted by Crippen LogP contribution is 2.58. The molecule has 7 rings (SSSR count). The molecule has 0 bridgehead atoms. The molecule has 2 aliphatic rings. The van der Waals surface area contributed by atoms with Crippen molar-refractivity contribution in [1.29, 1.82) is 0 Å². The highest BCUT2D eigenvalue weighted by Gasteiger charge is 2.56. The van der Waals surface area contributed by atoms with Crippen LogP contribution in [0, 0.1) is 0 Å². The van der Waals surface area contributed by atoms with Gasteiger partial charge in [0, 0.05) is 52.2 Å². The second-order valence-electron chi connectivity index (χ2n) is 11.7. The number of esters is 1. The lowest BCUT2D eigenvalue weighted by molar-refractivity contribution is 0.0222. The van der Waals surface area contributed by atoms with Gasteiger partial charge in [0.05, 0.1) is 16.8 Å². The van der Waals surface area contributed by atoms with Crippen LogP contribution in [0.2, 0.25) is 5.02 Å². The quantitative estimate of drug-likeness (QED) is 0.154. The Hall–Kier alpha value is -4.88. The third-order valence-electron chi connectivity index (χ3n) is 8.58. The monoisotopic (exact) mass is 630 g/mol. The average molecular weight is 631 g/mol. The summed E-state index contributed by atoms with van der Waals surface area (Å²) in [5.74, 6) is 1.13. The second-order valence-corrected chi connectivity index (χ2v) is 12.1. The van der Waals surface area contributed by atoms with Crippen LogP contribution >= 0.6 is 11.6 Å². The summed E-state index contributed by atoms with van der Waals surface area (Å²) < 4.78 is 13.3. The van der Waals surface area contributed by atoms with Crippen molar-refractivity contribution < 1.29 is 14.3 Å². The fourth-order valence-electron chi connectivity index (χ4n) is 6.29. The van der Waals surface area contributed by atoms with Crippen molar-refractivity contribution in [3.63, 3.8) is 0 Å². The van der Waals surface area contributed by atoms with Gasteiger partial charge in [0.25, 0.3) is 0 Å². The molecule has 0 saturated carbocycles. The summed E-state index contributed by atoms with van der Waals surface area (Å²) >= 11 is 6.12. The Morgan fingerprint density at radius 1 is 0.804 bits per heavy atom. The number of aromatic nitrogens is 2. The van der Waals surface area contributed by atoms with Crippen LogP contribution < -0.4 is 15.0 Å². The van der Waals surface area contributed by atoms with E-state index in [4.69, 9.17) is 31.0 Å². The average Bonchev–Trinajstić information content (AvgIpc) is 3.37. The lowest BCUT2D eigenvalue weighted by Gasteiger charge is -2.37. The van der Waals surface area contributed by atoms with Gasteiger partial charge in [-0.25, -0.2) is 9.78 Å². The number of carbonyl (C=O) groups excluding carboxylic acids is 1. The number of halogens is 1. The molecule has 1 N–H and O–H groups in total. The molecule has 232 valence electrons. The van der Waals surface area contributed by atoms with E-state index in [1.807, 2.05) is 97.1 Å². The van der Waals surface area contributed by atoms with E-state index in [1.165, 1.54) is 0 Å². The maximum absolute atomic E-state index is 13.6. The van der Waals surface area contributed by atoms with E-state index in [0.29, 0.717) is 45.0 Å². The molecule has 2 aliphatic heterocycles. The molecule has 0 amide bonds. The Morgan fingerprint density at radius 3 is 2.24 bits per heavy atom. The number of benzene rings is 4. The lowest BCUT2D eigenvalue weighted by atomic mass is 9.77. The number of unbranched alkanes of at least 4 members (excludes halogenated alkanes) is 2. The van der Waals surface area contributed by atoms with E-state index >= 15 is 0 Å². The fourth-order valence-corrected chi connectivity index (χ4v) is 6.42. The predicted octanol–water partition coefficient (Wildman–Crippen LogP) is 9.52. The van der Waals surface area contributed by atoms with E-state index in [9.17, 15) is 4.79 Å². The summed E-state index contributed by atoms with van der Waals surface area (Å²) in [5, 5.41) is 4.10. The van der Waals surface area contributed by atoms with Crippen LogP contribution in [0.3, 0.4) is 0 Å². The van der Waals surface area contributed by atoms with Crippen LogP contribution in [0.4, 0.5) is 17.3 Å². The molecule has 5 aromatic rings. The van der Waals surface area contributed by atoms with Crippen LogP contribution in [0.5, 0.6) is 11.6 Å². The molecule has 1 atom stereocenters. The van der Waals surface area contributed by atoms with E-state index in [2.05, 4.69) is 24.1 Å². The number of nitrogens with one attached hydrogen (secondary N) is 1. The summed E-state index contributed by atoms with van der Waals surface area (Å²) in [4.78, 5) is 26.2. The van der Waals surface area contributed by atoms with E-state index < -0.39 is 11.6 Å². The van der Waals surface area contributed by atoms with Crippen molar-refractivity contribution >= 4 is 34.9 Å². The third-order valence-corrected chi connectivity index (χ3v) is 8.83. The van der Waals surface area contributed by atoms with E-state index in [0.717, 1.165) is 61.3 Å². The van der Waals surface area contributed by atoms with Crippen LogP contribution in [-0.4, -0.2) is 29.0 Å². The molecule has 1 aromatic heterocycles. The minimum absolute atomic E-state index is 0.377. The molecule has 46 heavy (non-hydrogen) atoms. The molecular weight excluding hydrogens is 596 g/mol. The Kier molecular flexibility index (Phi) is 8.09. The van der Waals surface area contributed by atoms with Crippen LogP contribution in [0.1, 0.15) is 66.6 Å². The van der Waals surface area contributed by atoms with Crippen molar-refractivity contribution in [2.75, 3.05) is 23.3 Å². The molecule has 8 heteroatoms. The molecule has 0 aliphatic carbocycles. The minimum atomic E-state index is -1.31. The number of anilines is 3. The van der Waals surface area contributed by atoms with Crippen LogP contribution in [0.25, 0.3) is 11.3 Å². The van der Waals surface area contributed by atoms with Crippen LogP contribution in [-0.2, 0) is 10.3 Å². The highest BCUT2D eigenvalue weighted by molar-refractivity contribution is 6.30. The number of hydrogen-bond acceptors (Lipinski definition) is 7. The molecule has 1 unspecified atom stereocenters. The highest BCUT2D eigenvalue weighted by atomic mass is 35.5. The van der Waals surface area contributed by atoms with E-state index in [-0.39, 0.29) is 0 Å². The number of ether oxygens (including phenoxy) is 2. The number of fused-ring (bicyclic) bond motifs is 6. The molecule has 0 saturated heterocycles. The molecular formula is C38H35ClN4O3. The number of carbonyl (C=O) groups is 1. The van der Waals surface area contributed by atoms with Crippen molar-refractivity contribution in [2.24, 2.45) is 0 Å². The van der Waals surface area contributed by atoms with Gasteiger partial charge < -0.3 is 19.7 Å². The minimum Gasteiger partial charge on any atom is -0.440 e. The van der Waals surface area contributed by atoms with Gasteiger partial charge >= 0.3 is 5.97 Å². The van der Waals surface area contributed by atoms with E-state index in [1.54, 1.807) is 0 Å². The molecule has 7 nitrogen and oxygen atoms in total. The van der Waals surface area contributed by atoms with Gasteiger partial charge in [-0.2, -0.15) is 4.98 Å². The molecule has 1 spiro atoms. The Bertz CT molecular complexity index is 1890. The normalized spacial score (nSPS) is 15.8. The maximum atomic E-state index is 13.6. The van der Waals surface area contributed by atoms with Crippen LogP contribution in [0.15, 0.2) is 97.1 Å². The number of hydrogen-bond donors (Lipinski definition) is 1. The van der Waals surface area contributed by atoms with Gasteiger partial charge in [-0.15, -0.1) is 0 Å².